The summed E-state index contributed by atoms with van der Waals surface area (Å²) in [4.78, 5) is 4.04. The van der Waals surface area contributed by atoms with Gasteiger partial charge < -0.3 is 0 Å². The third-order valence-electron chi connectivity index (χ3n) is 3.47. The Morgan fingerprint density at radius 3 is 2.71 bits per heavy atom. The van der Waals surface area contributed by atoms with Crippen LogP contribution >= 0.6 is 23.4 Å². The molecule has 1 aromatic carbocycles. The second-order valence-corrected chi connectivity index (χ2v) is 6.50. The van der Waals surface area contributed by atoms with Crippen molar-refractivity contribution in [2.24, 2.45) is 0 Å². The number of halogens is 1. The zero-order chi connectivity index (χ0) is 16.4. The normalized spacial score (nSPS) is 11.0. The Kier molecular flexibility index (Phi) is 4.15. The summed E-state index contributed by atoms with van der Waals surface area (Å²) in [6.45, 7) is 0. The Morgan fingerprint density at radius 1 is 1.00 bits per heavy atom. The maximum absolute atomic E-state index is 6.03. The Balaban J connectivity index is 1.64. The first kappa shape index (κ1) is 15.1. The fourth-order valence-electron chi connectivity index (χ4n) is 2.31. The summed E-state index contributed by atoms with van der Waals surface area (Å²) >= 11 is 7.61. The van der Waals surface area contributed by atoms with Gasteiger partial charge in [-0.05, 0) is 42.0 Å². The average molecular weight is 354 g/mol. The first-order valence-corrected chi connectivity index (χ1v) is 8.66. The van der Waals surface area contributed by atoms with Crippen molar-refractivity contribution in [1.29, 1.82) is 0 Å². The minimum atomic E-state index is 0.724. The molecule has 118 valence electrons. The highest BCUT2D eigenvalue weighted by atomic mass is 35.5. The van der Waals surface area contributed by atoms with E-state index in [4.69, 9.17) is 11.6 Å². The summed E-state index contributed by atoms with van der Waals surface area (Å²) in [6.07, 6.45) is 3.50. The lowest BCUT2D eigenvalue weighted by atomic mass is 10.2. The maximum Gasteiger partial charge on any atom is 0.212 e. The molecule has 3 heterocycles. The summed E-state index contributed by atoms with van der Waals surface area (Å²) in [5, 5.41) is 14.5. The number of rotatable bonds is 4. The van der Waals surface area contributed by atoms with Gasteiger partial charge in [-0.15, -0.1) is 10.2 Å². The van der Waals surface area contributed by atoms with Crippen molar-refractivity contribution >= 4 is 29.0 Å². The molecule has 0 radical (unpaired) electrons. The predicted molar refractivity (Wildman–Crippen MR) is 95.0 cm³/mol. The molecule has 0 unspecified atom stereocenters. The molecule has 0 spiro atoms. The van der Waals surface area contributed by atoms with Crippen LogP contribution in [0.2, 0.25) is 5.02 Å². The van der Waals surface area contributed by atoms with Crippen molar-refractivity contribution < 1.29 is 0 Å². The molecule has 0 aliphatic heterocycles. The van der Waals surface area contributed by atoms with Crippen molar-refractivity contribution in [3.05, 3.63) is 71.5 Å². The van der Waals surface area contributed by atoms with Crippen molar-refractivity contribution in [1.82, 2.24) is 24.8 Å². The first-order valence-electron chi connectivity index (χ1n) is 7.30. The largest absolute Gasteiger partial charge is 0.265 e. The highest BCUT2D eigenvalue weighted by Crippen LogP contribution is 2.24. The summed E-state index contributed by atoms with van der Waals surface area (Å²) < 4.78 is 1.77. The van der Waals surface area contributed by atoms with Gasteiger partial charge in [0.1, 0.15) is 0 Å². The van der Waals surface area contributed by atoms with Gasteiger partial charge in [-0.1, -0.05) is 35.5 Å². The van der Waals surface area contributed by atoms with Gasteiger partial charge in [0.05, 0.1) is 5.69 Å². The zero-order valence-corrected chi connectivity index (χ0v) is 14.1. The maximum atomic E-state index is 6.03. The van der Waals surface area contributed by atoms with Gasteiger partial charge in [-0.2, -0.15) is 9.61 Å². The monoisotopic (exact) mass is 353 g/mol. The quantitative estimate of drug-likeness (QED) is 0.516. The van der Waals surface area contributed by atoms with Crippen LogP contribution < -0.4 is 0 Å². The van der Waals surface area contributed by atoms with Crippen LogP contribution in [-0.2, 0) is 5.75 Å². The smallest absolute Gasteiger partial charge is 0.212 e. The molecule has 3 aromatic heterocycles. The molecule has 0 saturated carbocycles. The minimum Gasteiger partial charge on any atom is -0.265 e. The van der Waals surface area contributed by atoms with E-state index in [9.17, 15) is 0 Å². The molecule has 0 bridgehead atoms. The zero-order valence-electron chi connectivity index (χ0n) is 12.5. The Morgan fingerprint density at radius 2 is 1.88 bits per heavy atom. The fourth-order valence-corrected chi connectivity index (χ4v) is 3.35. The molecule has 0 aliphatic rings. The summed E-state index contributed by atoms with van der Waals surface area (Å²) in [5.74, 6) is 0.752. The molecule has 0 fully saturated rings. The number of benzene rings is 1. The minimum absolute atomic E-state index is 0.724. The summed E-state index contributed by atoms with van der Waals surface area (Å²) in [5.41, 5.74) is 3.72. The van der Waals surface area contributed by atoms with Crippen molar-refractivity contribution in [2.75, 3.05) is 0 Å². The molecule has 4 rings (SSSR count). The summed E-state index contributed by atoms with van der Waals surface area (Å²) in [7, 11) is 0. The SMILES string of the molecule is Clc1cccc(CSc2nnc3ccc(-c4ccncc4)nn23)c1. The van der Waals surface area contributed by atoms with Gasteiger partial charge in [0.25, 0.3) is 0 Å². The van der Waals surface area contributed by atoms with Crippen LogP contribution in [0.1, 0.15) is 5.56 Å². The molecule has 4 aromatic rings. The molecule has 24 heavy (non-hydrogen) atoms. The highest BCUT2D eigenvalue weighted by Gasteiger charge is 2.09. The van der Waals surface area contributed by atoms with Crippen molar-refractivity contribution in [2.45, 2.75) is 10.9 Å². The summed E-state index contributed by atoms with van der Waals surface area (Å²) in [6, 6.07) is 15.5. The number of pyridine rings is 1. The van der Waals surface area contributed by atoms with Gasteiger partial charge >= 0.3 is 0 Å². The third kappa shape index (κ3) is 3.11. The molecule has 0 saturated heterocycles. The molecular formula is C17H12ClN5S. The number of hydrogen-bond donors (Lipinski definition) is 0. The second kappa shape index (κ2) is 6.59. The van der Waals surface area contributed by atoms with E-state index in [1.807, 2.05) is 48.5 Å². The number of fused-ring (bicyclic) bond motifs is 1. The van der Waals surface area contributed by atoms with E-state index >= 15 is 0 Å². The Bertz CT molecular complexity index is 987. The van der Waals surface area contributed by atoms with Crippen molar-refractivity contribution in [3.8, 4) is 11.3 Å². The van der Waals surface area contributed by atoms with Crippen LogP contribution in [0.25, 0.3) is 16.9 Å². The average Bonchev–Trinajstić information content (AvgIpc) is 3.03. The van der Waals surface area contributed by atoms with E-state index < -0.39 is 0 Å². The molecule has 0 amide bonds. The van der Waals surface area contributed by atoms with Gasteiger partial charge in [0.2, 0.25) is 5.16 Å². The predicted octanol–water partition coefficient (Wildman–Crippen LogP) is 4.13. The van der Waals surface area contributed by atoms with Crippen LogP contribution in [0.4, 0.5) is 0 Å². The third-order valence-corrected chi connectivity index (χ3v) is 4.69. The molecular weight excluding hydrogens is 342 g/mol. The lowest BCUT2D eigenvalue weighted by Crippen LogP contribution is -1.96. The van der Waals surface area contributed by atoms with Gasteiger partial charge in [-0.3, -0.25) is 4.98 Å². The van der Waals surface area contributed by atoms with E-state index in [2.05, 4.69) is 20.3 Å². The molecule has 5 nitrogen and oxygen atoms in total. The highest BCUT2D eigenvalue weighted by molar-refractivity contribution is 7.98. The standard InChI is InChI=1S/C17H12ClN5S/c18-14-3-1-2-12(10-14)11-24-17-21-20-16-5-4-15(22-23(16)17)13-6-8-19-9-7-13/h1-10H,11H2. The first-order chi connectivity index (χ1) is 11.8. The molecule has 7 heteroatoms. The number of aromatic nitrogens is 5. The number of hydrogen-bond acceptors (Lipinski definition) is 5. The molecule has 0 atom stereocenters. The van der Waals surface area contributed by atoms with Crippen molar-refractivity contribution in [3.63, 3.8) is 0 Å². The van der Waals surface area contributed by atoms with E-state index in [0.29, 0.717) is 0 Å². The van der Waals surface area contributed by atoms with Crippen LogP contribution in [0.15, 0.2) is 66.1 Å². The Labute approximate surface area is 147 Å². The van der Waals surface area contributed by atoms with Crippen LogP contribution in [0.5, 0.6) is 0 Å². The topological polar surface area (TPSA) is 56.0 Å². The van der Waals surface area contributed by atoms with Gasteiger partial charge in [0.15, 0.2) is 5.65 Å². The van der Waals surface area contributed by atoms with Crippen LogP contribution in [0.3, 0.4) is 0 Å². The van der Waals surface area contributed by atoms with E-state index in [1.54, 1.807) is 28.7 Å². The van der Waals surface area contributed by atoms with E-state index in [1.165, 1.54) is 0 Å². The van der Waals surface area contributed by atoms with Crippen LogP contribution in [-0.4, -0.2) is 24.8 Å². The Hall–Kier alpha value is -2.44. The van der Waals surface area contributed by atoms with E-state index in [0.717, 1.165) is 38.4 Å². The lowest BCUT2D eigenvalue weighted by molar-refractivity contribution is 0.812. The number of nitrogens with zero attached hydrogens (tertiary/aromatic N) is 5. The lowest BCUT2D eigenvalue weighted by Gasteiger charge is -2.03. The number of thioether (sulfide) groups is 1. The molecule has 0 aliphatic carbocycles. The second-order valence-electron chi connectivity index (χ2n) is 5.13. The van der Waals surface area contributed by atoms with Gasteiger partial charge in [0, 0.05) is 28.7 Å². The molecule has 0 N–H and O–H groups in total. The fraction of sp³-hybridized carbons (Fsp3) is 0.0588. The van der Waals surface area contributed by atoms with Gasteiger partial charge in [-0.25, -0.2) is 0 Å². The van der Waals surface area contributed by atoms with Crippen LogP contribution in [0, 0.1) is 0 Å². The van der Waals surface area contributed by atoms with E-state index in [-0.39, 0.29) is 0 Å².